The monoisotopic (exact) mass is 415 g/mol. The van der Waals surface area contributed by atoms with E-state index < -0.39 is 27.8 Å². The number of hydrogen-bond acceptors (Lipinski definition) is 8. The molecule has 148 valence electrons. The van der Waals surface area contributed by atoms with Crippen molar-refractivity contribution in [1.82, 2.24) is 9.97 Å². The first-order valence-electron chi connectivity index (χ1n) is 8.02. The maximum absolute atomic E-state index is 12.1. The zero-order valence-corrected chi connectivity index (χ0v) is 15.6. The van der Waals surface area contributed by atoms with E-state index in [0.29, 0.717) is 10.4 Å². The molecule has 2 heterocycles. The van der Waals surface area contributed by atoms with Gasteiger partial charge in [-0.1, -0.05) is 18.2 Å². The molecule has 0 unspecified atom stereocenters. The average molecular weight is 415 g/mol. The number of aromatic nitrogens is 2. The van der Waals surface area contributed by atoms with E-state index in [0.717, 1.165) is 0 Å². The molecule has 0 spiro atoms. The Hall–Kier alpha value is -3.99. The average Bonchev–Trinajstić information content (AvgIpc) is 3.21. The molecule has 0 bridgehead atoms. The fraction of sp³-hybridized carbons (Fsp3) is 0.0556. The second kappa shape index (κ2) is 8.35. The van der Waals surface area contributed by atoms with E-state index >= 15 is 0 Å². The Morgan fingerprint density at radius 2 is 1.97 bits per heavy atom. The number of nitrogens with zero attached hydrogens (tertiary/aromatic N) is 1. The molecule has 0 saturated carbocycles. The Morgan fingerprint density at radius 1 is 1.17 bits per heavy atom. The molecule has 0 aliphatic heterocycles. The van der Waals surface area contributed by atoms with Gasteiger partial charge in [0, 0.05) is 0 Å². The van der Waals surface area contributed by atoms with E-state index in [1.165, 1.54) is 42.7 Å². The highest BCUT2D eigenvalue weighted by Crippen LogP contribution is 2.30. The number of aromatic amines is 2. The summed E-state index contributed by atoms with van der Waals surface area (Å²) in [6.45, 7) is 0. The van der Waals surface area contributed by atoms with Gasteiger partial charge < -0.3 is 14.5 Å². The van der Waals surface area contributed by atoms with E-state index in [1.807, 2.05) is 0 Å². The van der Waals surface area contributed by atoms with Crippen molar-refractivity contribution < 1.29 is 19.2 Å². The largest absolute Gasteiger partial charge is 0.493 e. The van der Waals surface area contributed by atoms with Crippen molar-refractivity contribution in [3.63, 3.8) is 0 Å². The third kappa shape index (κ3) is 4.47. The Bertz CT molecular complexity index is 1210. The van der Waals surface area contributed by atoms with Crippen LogP contribution in [0.2, 0.25) is 0 Å². The van der Waals surface area contributed by atoms with Gasteiger partial charge in [-0.25, -0.2) is 9.59 Å². The van der Waals surface area contributed by atoms with Crippen molar-refractivity contribution in [2.75, 3.05) is 7.11 Å². The predicted octanol–water partition coefficient (Wildman–Crippen LogP) is 2.43. The van der Waals surface area contributed by atoms with Crippen molar-refractivity contribution in [1.29, 1.82) is 0 Å². The first kappa shape index (κ1) is 19.8. The Labute approximate surface area is 166 Å². The lowest BCUT2D eigenvalue weighted by Gasteiger charge is -2.09. The second-order valence-electron chi connectivity index (χ2n) is 5.54. The summed E-state index contributed by atoms with van der Waals surface area (Å²) < 4.78 is 10.5. The molecule has 0 saturated heterocycles. The van der Waals surface area contributed by atoms with Crippen molar-refractivity contribution in [2.24, 2.45) is 0 Å². The molecule has 11 heteroatoms. The van der Waals surface area contributed by atoms with Crippen LogP contribution in [0.5, 0.6) is 11.5 Å². The number of esters is 1. The summed E-state index contributed by atoms with van der Waals surface area (Å²) in [6, 6.07) is 7.97. The fourth-order valence-corrected chi connectivity index (χ4v) is 2.99. The molecule has 3 rings (SSSR count). The highest BCUT2D eigenvalue weighted by atomic mass is 32.1. The van der Waals surface area contributed by atoms with Gasteiger partial charge in [0.15, 0.2) is 11.5 Å². The van der Waals surface area contributed by atoms with E-state index in [9.17, 15) is 24.5 Å². The van der Waals surface area contributed by atoms with Crippen LogP contribution >= 0.6 is 11.3 Å². The zero-order valence-electron chi connectivity index (χ0n) is 14.8. The molecule has 0 amide bonds. The Morgan fingerprint density at radius 3 is 2.62 bits per heavy atom. The van der Waals surface area contributed by atoms with Gasteiger partial charge in [0.2, 0.25) is 0 Å². The number of ether oxygens (including phenoxy) is 2. The maximum Gasteiger partial charge on any atom is 0.357 e. The second-order valence-corrected chi connectivity index (χ2v) is 6.49. The topological polar surface area (TPSA) is 144 Å². The lowest BCUT2D eigenvalue weighted by Crippen LogP contribution is -2.25. The number of methoxy groups -OCH3 is 1. The summed E-state index contributed by atoms with van der Waals surface area (Å²) in [5.41, 5.74) is -2.49. The number of rotatable bonds is 6. The molecule has 0 aliphatic carbocycles. The lowest BCUT2D eigenvalue weighted by molar-refractivity contribution is -0.386. The number of carbonyl (C=O) groups is 1. The van der Waals surface area contributed by atoms with Gasteiger partial charge in [0.1, 0.15) is 10.6 Å². The summed E-state index contributed by atoms with van der Waals surface area (Å²) in [5.74, 6) is -0.0807. The van der Waals surface area contributed by atoms with Crippen LogP contribution in [0.3, 0.4) is 0 Å². The minimum atomic E-state index is -1.10. The minimum absolute atomic E-state index is 0.193. The first-order chi connectivity index (χ1) is 13.9. The molecule has 2 aromatic heterocycles. The van der Waals surface area contributed by atoms with Crippen LogP contribution < -0.4 is 20.7 Å². The molecule has 2 N–H and O–H groups in total. The number of thiophene rings is 1. The van der Waals surface area contributed by atoms with E-state index in [-0.39, 0.29) is 17.2 Å². The van der Waals surface area contributed by atoms with Crippen LogP contribution in [-0.2, 0) is 0 Å². The van der Waals surface area contributed by atoms with Crippen LogP contribution in [0.1, 0.15) is 20.9 Å². The number of nitrogens with one attached hydrogen (secondary N) is 2. The van der Waals surface area contributed by atoms with Crippen molar-refractivity contribution in [2.45, 2.75) is 0 Å². The molecular formula is C18H13N3O7S. The van der Waals surface area contributed by atoms with Crippen molar-refractivity contribution in [3.05, 3.63) is 82.8 Å². The van der Waals surface area contributed by atoms with Gasteiger partial charge >= 0.3 is 22.9 Å². The van der Waals surface area contributed by atoms with Crippen LogP contribution in [0.4, 0.5) is 5.69 Å². The van der Waals surface area contributed by atoms with Crippen molar-refractivity contribution in [3.8, 4) is 11.5 Å². The highest BCUT2D eigenvalue weighted by molar-refractivity contribution is 7.12. The predicted molar refractivity (Wildman–Crippen MR) is 106 cm³/mol. The number of carbonyl (C=O) groups excluding carboxylic acids is 1. The summed E-state index contributed by atoms with van der Waals surface area (Å²) in [4.78, 5) is 49.8. The van der Waals surface area contributed by atoms with Crippen LogP contribution in [0.25, 0.3) is 12.2 Å². The quantitative estimate of drug-likeness (QED) is 0.272. The third-order valence-corrected chi connectivity index (χ3v) is 4.53. The molecule has 0 atom stereocenters. The highest BCUT2D eigenvalue weighted by Gasteiger charge is 2.19. The van der Waals surface area contributed by atoms with Crippen LogP contribution in [0.15, 0.2) is 45.3 Å². The van der Waals surface area contributed by atoms with Gasteiger partial charge in [-0.15, -0.1) is 11.3 Å². The normalized spacial score (nSPS) is 10.8. The lowest BCUT2D eigenvalue weighted by atomic mass is 10.1. The molecule has 10 nitrogen and oxygen atoms in total. The fourth-order valence-electron chi connectivity index (χ4n) is 2.40. The first-order valence-corrected chi connectivity index (χ1v) is 8.90. The SMILES string of the molecule is COc1cc(/C=C/c2[nH]c(=O)[nH]c(=O)c2[N+](=O)[O-])ccc1OC(=O)c1cccs1. The van der Waals surface area contributed by atoms with Gasteiger partial charge in [-0.05, 0) is 35.2 Å². The number of benzene rings is 1. The van der Waals surface area contributed by atoms with Gasteiger partial charge in [-0.3, -0.25) is 19.9 Å². The van der Waals surface area contributed by atoms with Gasteiger partial charge in [0.25, 0.3) is 0 Å². The van der Waals surface area contributed by atoms with Crippen LogP contribution in [0, 0.1) is 10.1 Å². The summed E-state index contributed by atoms with van der Waals surface area (Å²) in [7, 11) is 1.39. The number of hydrogen-bond donors (Lipinski definition) is 2. The molecule has 0 radical (unpaired) electrons. The minimum Gasteiger partial charge on any atom is -0.493 e. The molecule has 1 aromatic carbocycles. The smallest absolute Gasteiger partial charge is 0.357 e. The zero-order chi connectivity index (χ0) is 21.0. The Kier molecular flexibility index (Phi) is 5.69. The van der Waals surface area contributed by atoms with Crippen molar-refractivity contribution >= 4 is 35.1 Å². The molecule has 0 aliphatic rings. The van der Waals surface area contributed by atoms with E-state index in [2.05, 4.69) is 4.98 Å². The standard InChI is InChI=1S/C18H13N3O7S/c1-27-13-9-10(5-7-12(13)28-17(23)14-3-2-8-29-14)4-6-11-15(21(25)26)16(22)20-18(24)19-11/h2-9H,1H3,(H2,19,20,22,24)/b6-4+. The summed E-state index contributed by atoms with van der Waals surface area (Å²) in [5, 5.41) is 12.8. The number of H-pyrrole nitrogens is 2. The third-order valence-electron chi connectivity index (χ3n) is 3.68. The van der Waals surface area contributed by atoms with Gasteiger partial charge in [-0.2, -0.15) is 0 Å². The van der Waals surface area contributed by atoms with Crippen LogP contribution in [-0.4, -0.2) is 28.0 Å². The maximum atomic E-state index is 12.1. The summed E-state index contributed by atoms with van der Waals surface area (Å²) >= 11 is 1.24. The molecule has 0 fully saturated rings. The van der Waals surface area contributed by atoms with E-state index in [1.54, 1.807) is 28.6 Å². The molecular weight excluding hydrogens is 402 g/mol. The number of nitro groups is 1. The molecule has 29 heavy (non-hydrogen) atoms. The summed E-state index contributed by atoms with van der Waals surface area (Å²) in [6.07, 6.45) is 2.66. The molecule has 3 aromatic rings. The van der Waals surface area contributed by atoms with Gasteiger partial charge in [0.05, 0.1) is 12.0 Å². The Balaban J connectivity index is 1.90. The van der Waals surface area contributed by atoms with E-state index in [4.69, 9.17) is 9.47 Å².